The Morgan fingerprint density at radius 1 is 0.966 bits per heavy atom. The van der Waals surface area contributed by atoms with Crippen LogP contribution in [0.25, 0.3) is 0 Å². The zero-order chi connectivity index (χ0) is 22.0. The summed E-state index contributed by atoms with van der Waals surface area (Å²) in [6.45, 7) is 0.397. The molecule has 0 spiro atoms. The number of phosphoric acid groups is 2. The highest BCUT2D eigenvalue weighted by molar-refractivity contribution is 7.47. The van der Waals surface area contributed by atoms with E-state index in [1.165, 1.54) is 14.0 Å². The number of phosphoric ester groups is 2. The zero-order valence-corrected chi connectivity index (χ0v) is 17.6. The van der Waals surface area contributed by atoms with Crippen LogP contribution in [-0.2, 0) is 41.4 Å². The summed E-state index contributed by atoms with van der Waals surface area (Å²) in [6, 6.07) is -1.39. The first kappa shape index (κ1) is 25.3. The molecule has 2 heterocycles. The van der Waals surface area contributed by atoms with E-state index >= 15 is 0 Å². The largest absolute Gasteiger partial charge is 0.472 e. The lowest BCUT2D eigenvalue weighted by molar-refractivity contribution is -0.0376. The van der Waals surface area contributed by atoms with Crippen molar-refractivity contribution < 1.29 is 60.0 Å². The molecule has 11 nitrogen and oxygen atoms in total. The number of alkyl halides is 2. The molecule has 0 aromatic rings. The predicted octanol–water partition coefficient (Wildman–Crippen LogP) is 0.624. The number of rotatable bonds is 10. The second kappa shape index (κ2) is 10.1. The van der Waals surface area contributed by atoms with E-state index in [0.29, 0.717) is 0 Å². The Kier molecular flexibility index (Phi) is 8.80. The zero-order valence-electron chi connectivity index (χ0n) is 15.8. The van der Waals surface area contributed by atoms with Gasteiger partial charge < -0.3 is 24.0 Å². The maximum Gasteiger partial charge on any atom is 0.472 e. The first-order chi connectivity index (χ1) is 13.4. The molecule has 0 amide bonds. The summed E-state index contributed by atoms with van der Waals surface area (Å²) < 4.78 is 85.8. The minimum absolute atomic E-state index is 0.162. The molecule has 0 aromatic heterocycles. The maximum absolute atomic E-state index is 14.2. The minimum atomic E-state index is -4.90. The van der Waals surface area contributed by atoms with E-state index in [1.807, 2.05) is 0 Å². The SMILES string of the molecule is [B][C@@H]1O[C@H](COC)C(OP(=O)(O)OC[C@H]2O[C@@H](C)[C@@H](F)C2OP(=O)(O)OC)[C@@H]1F. The molecular weight excluding hydrogens is 443 g/mol. The number of hydrogen-bond acceptors (Lipinski definition) is 9. The fraction of sp³-hybridized carbons (Fsp3) is 1.00. The Morgan fingerprint density at radius 2 is 1.52 bits per heavy atom. The van der Waals surface area contributed by atoms with Crippen molar-refractivity contribution >= 4 is 23.5 Å². The van der Waals surface area contributed by atoms with Crippen molar-refractivity contribution in [1.82, 2.24) is 0 Å². The van der Waals surface area contributed by atoms with Gasteiger partial charge in [-0.25, -0.2) is 17.9 Å². The summed E-state index contributed by atoms with van der Waals surface area (Å²) in [5.41, 5.74) is 0. The second-order valence-corrected chi connectivity index (χ2v) is 9.34. The molecule has 0 aliphatic carbocycles. The van der Waals surface area contributed by atoms with Gasteiger partial charge in [-0.1, -0.05) is 0 Å². The average Bonchev–Trinajstić information content (AvgIpc) is 3.05. The Balaban J connectivity index is 2.00. The van der Waals surface area contributed by atoms with Gasteiger partial charge in [0.15, 0.2) is 6.17 Å². The first-order valence-electron chi connectivity index (χ1n) is 8.47. The van der Waals surface area contributed by atoms with Crippen LogP contribution in [0.3, 0.4) is 0 Å². The van der Waals surface area contributed by atoms with Gasteiger partial charge in [0.05, 0.1) is 25.3 Å². The monoisotopic (exact) mass is 466 g/mol. The molecule has 0 saturated carbocycles. The van der Waals surface area contributed by atoms with E-state index in [2.05, 4.69) is 4.52 Å². The lowest BCUT2D eigenvalue weighted by Crippen LogP contribution is -2.35. The van der Waals surface area contributed by atoms with E-state index in [9.17, 15) is 27.7 Å². The standard InChI is InChI=1S/C13H23BF2O11P2/c1-6-9(15)11(26-28(17,18)22-3)8(24-6)5-23-29(19,20)27-12-7(4-21-2)25-13(14)10(12)16/h6-13H,4-5H2,1-3H3,(H,17,18)(H,19,20)/t6-,7+,8+,9+,10-,11?,12?,13+/m0/s1. The van der Waals surface area contributed by atoms with Crippen molar-refractivity contribution in [2.75, 3.05) is 27.4 Å². The molecule has 0 aromatic carbocycles. The third-order valence-electron chi connectivity index (χ3n) is 4.32. The molecule has 29 heavy (non-hydrogen) atoms. The Bertz CT molecular complexity index is 646. The maximum atomic E-state index is 14.2. The topological polar surface area (TPSA) is 139 Å². The van der Waals surface area contributed by atoms with Gasteiger partial charge in [-0.05, 0) is 6.92 Å². The normalized spacial score (nSPS) is 41.9. The van der Waals surface area contributed by atoms with Crippen LogP contribution in [0.1, 0.15) is 6.92 Å². The van der Waals surface area contributed by atoms with Crippen LogP contribution in [0.15, 0.2) is 0 Å². The van der Waals surface area contributed by atoms with Crippen molar-refractivity contribution in [2.24, 2.45) is 0 Å². The Labute approximate surface area is 167 Å². The van der Waals surface area contributed by atoms with E-state index in [4.69, 9.17) is 35.6 Å². The molecule has 168 valence electrons. The van der Waals surface area contributed by atoms with Crippen molar-refractivity contribution in [2.45, 2.75) is 55.8 Å². The number of halogens is 2. The summed E-state index contributed by atoms with van der Waals surface area (Å²) in [5.74, 6) is 0. The summed E-state index contributed by atoms with van der Waals surface area (Å²) in [6.07, 6.45) is -10.4. The smallest absolute Gasteiger partial charge is 0.382 e. The van der Waals surface area contributed by atoms with Crippen LogP contribution in [0.2, 0.25) is 0 Å². The van der Waals surface area contributed by atoms with Gasteiger partial charge in [0.1, 0.15) is 38.4 Å². The van der Waals surface area contributed by atoms with Gasteiger partial charge in [-0.2, -0.15) is 0 Å². The molecule has 2 rings (SSSR count). The average molecular weight is 466 g/mol. The highest BCUT2D eigenvalue weighted by atomic mass is 31.2. The van der Waals surface area contributed by atoms with Crippen LogP contribution in [0.4, 0.5) is 8.78 Å². The predicted molar refractivity (Wildman–Crippen MR) is 92.8 cm³/mol. The number of ether oxygens (including phenoxy) is 3. The number of methoxy groups -OCH3 is 1. The molecule has 2 fully saturated rings. The van der Waals surface area contributed by atoms with E-state index in [-0.39, 0.29) is 6.61 Å². The van der Waals surface area contributed by atoms with Crippen molar-refractivity contribution in [3.63, 3.8) is 0 Å². The van der Waals surface area contributed by atoms with Crippen molar-refractivity contribution in [3.8, 4) is 0 Å². The molecule has 2 aliphatic rings. The van der Waals surface area contributed by atoms with Crippen LogP contribution < -0.4 is 0 Å². The second-order valence-electron chi connectivity index (χ2n) is 6.42. The van der Waals surface area contributed by atoms with Crippen LogP contribution in [0, 0.1) is 0 Å². The van der Waals surface area contributed by atoms with Crippen LogP contribution in [-0.4, -0.2) is 93.9 Å². The molecule has 2 N–H and O–H groups in total. The first-order valence-corrected chi connectivity index (χ1v) is 11.5. The fourth-order valence-corrected chi connectivity index (χ4v) is 4.48. The highest BCUT2D eigenvalue weighted by Gasteiger charge is 2.50. The lowest BCUT2D eigenvalue weighted by Gasteiger charge is -2.24. The van der Waals surface area contributed by atoms with Crippen molar-refractivity contribution in [1.29, 1.82) is 0 Å². The van der Waals surface area contributed by atoms with Gasteiger partial charge in [-0.3, -0.25) is 18.1 Å². The highest BCUT2D eigenvalue weighted by Crippen LogP contribution is 2.50. The Hall–Kier alpha value is 0.0249. The third kappa shape index (κ3) is 6.50. The van der Waals surface area contributed by atoms with E-state index in [0.717, 1.165) is 7.11 Å². The molecule has 16 heteroatoms. The Morgan fingerprint density at radius 3 is 2.10 bits per heavy atom. The summed E-state index contributed by atoms with van der Waals surface area (Å²) >= 11 is 0. The van der Waals surface area contributed by atoms with Gasteiger partial charge in [-0.15, -0.1) is 0 Å². The summed E-state index contributed by atoms with van der Waals surface area (Å²) in [7, 11) is -1.87. The van der Waals surface area contributed by atoms with Crippen molar-refractivity contribution in [3.05, 3.63) is 0 Å². The summed E-state index contributed by atoms with van der Waals surface area (Å²) in [5, 5.41) is 0. The van der Waals surface area contributed by atoms with Crippen LogP contribution in [0.5, 0.6) is 0 Å². The van der Waals surface area contributed by atoms with Gasteiger partial charge in [0.25, 0.3) is 0 Å². The number of hydrogen-bond donors (Lipinski definition) is 2. The minimum Gasteiger partial charge on any atom is -0.382 e. The molecule has 2 radical (unpaired) electrons. The third-order valence-corrected chi connectivity index (χ3v) is 6.27. The quantitative estimate of drug-likeness (QED) is 0.346. The molecule has 10 atom stereocenters. The summed E-state index contributed by atoms with van der Waals surface area (Å²) in [4.78, 5) is 19.3. The van der Waals surface area contributed by atoms with Crippen LogP contribution >= 0.6 is 15.6 Å². The van der Waals surface area contributed by atoms with E-state index in [1.54, 1.807) is 0 Å². The molecule has 2 aliphatic heterocycles. The lowest BCUT2D eigenvalue weighted by atomic mass is 9.94. The van der Waals surface area contributed by atoms with Gasteiger partial charge in [0.2, 0.25) is 0 Å². The van der Waals surface area contributed by atoms with E-state index < -0.39 is 71.1 Å². The molecule has 2 saturated heterocycles. The molecular formula is C13H23BF2O11P2. The molecule has 0 bridgehead atoms. The van der Waals surface area contributed by atoms with Gasteiger partial charge in [0, 0.05) is 14.2 Å². The fourth-order valence-electron chi connectivity index (χ4n) is 2.88. The molecule has 4 unspecified atom stereocenters. The van der Waals surface area contributed by atoms with Gasteiger partial charge >= 0.3 is 15.6 Å².